The van der Waals surface area contributed by atoms with Crippen molar-refractivity contribution in [2.24, 2.45) is 0 Å². The van der Waals surface area contributed by atoms with Gasteiger partial charge in [-0.15, -0.1) is 0 Å². The second-order valence-corrected chi connectivity index (χ2v) is 8.12. The zero-order chi connectivity index (χ0) is 19.5. The molecule has 2 rings (SSSR count). The lowest BCUT2D eigenvalue weighted by atomic mass is 9.98. The van der Waals surface area contributed by atoms with Crippen LogP contribution >= 0.6 is 0 Å². The van der Waals surface area contributed by atoms with Gasteiger partial charge in [0.05, 0.1) is 17.6 Å². The lowest BCUT2D eigenvalue weighted by Gasteiger charge is -2.20. The van der Waals surface area contributed by atoms with Gasteiger partial charge in [-0.05, 0) is 56.0 Å². The summed E-state index contributed by atoms with van der Waals surface area (Å²) < 4.78 is 33.2. The number of nitrogens with one attached hydrogen (secondary N) is 1. The van der Waals surface area contributed by atoms with Gasteiger partial charge in [0.2, 0.25) is 10.0 Å². The topological polar surface area (TPSA) is 72.5 Å². The molecule has 0 unspecified atom stereocenters. The van der Waals surface area contributed by atoms with Crippen molar-refractivity contribution >= 4 is 16.0 Å². The zero-order valence-corrected chi connectivity index (χ0v) is 16.6. The van der Waals surface area contributed by atoms with E-state index in [-0.39, 0.29) is 16.5 Å². The van der Waals surface area contributed by atoms with E-state index in [0.29, 0.717) is 12.0 Å². The number of sulfonamides is 1. The van der Waals surface area contributed by atoms with Gasteiger partial charge in [-0.25, -0.2) is 17.9 Å². The fraction of sp³-hybridized carbons (Fsp3) is 0.350. The van der Waals surface area contributed by atoms with Crippen LogP contribution in [-0.4, -0.2) is 21.5 Å². The Kier molecular flexibility index (Phi) is 6.21. The summed E-state index contributed by atoms with van der Waals surface area (Å²) in [4.78, 5) is 11.9. The molecule has 0 saturated carbocycles. The predicted octanol–water partition coefficient (Wildman–Crippen LogP) is 3.83. The van der Waals surface area contributed by atoms with Crippen molar-refractivity contribution in [3.63, 3.8) is 0 Å². The molecule has 2 aromatic rings. The summed E-state index contributed by atoms with van der Waals surface area (Å²) in [6.07, 6.45) is 0.610. The third kappa shape index (κ3) is 4.31. The standard InChI is InChI=1S/C20H25NO4S/c1-6-19(17-10-7-13(2)11-15(17)4)21-26(23,24)16-9-8-14(3)18(12-16)20(22)25-5/h7-12,19,21H,6H2,1-5H3/t19-/m1/s1. The van der Waals surface area contributed by atoms with Crippen molar-refractivity contribution in [3.05, 3.63) is 64.2 Å². The van der Waals surface area contributed by atoms with Gasteiger partial charge in [0.25, 0.3) is 0 Å². The van der Waals surface area contributed by atoms with E-state index in [1.807, 2.05) is 39.0 Å². The fourth-order valence-corrected chi connectivity index (χ4v) is 4.26. The third-order valence-electron chi connectivity index (χ3n) is 4.43. The van der Waals surface area contributed by atoms with E-state index < -0.39 is 16.0 Å². The van der Waals surface area contributed by atoms with Crippen molar-refractivity contribution in [1.82, 2.24) is 4.72 Å². The molecular weight excluding hydrogens is 350 g/mol. The smallest absolute Gasteiger partial charge is 0.338 e. The minimum Gasteiger partial charge on any atom is -0.465 e. The molecule has 0 heterocycles. The van der Waals surface area contributed by atoms with Gasteiger partial charge in [-0.2, -0.15) is 0 Å². The van der Waals surface area contributed by atoms with Crippen LogP contribution in [0.15, 0.2) is 41.3 Å². The largest absolute Gasteiger partial charge is 0.465 e. The third-order valence-corrected chi connectivity index (χ3v) is 5.90. The molecule has 1 atom stereocenters. The van der Waals surface area contributed by atoms with E-state index in [9.17, 15) is 13.2 Å². The zero-order valence-electron chi connectivity index (χ0n) is 15.8. The molecule has 0 aliphatic rings. The number of rotatable bonds is 6. The van der Waals surface area contributed by atoms with Crippen LogP contribution in [0.2, 0.25) is 0 Å². The molecule has 0 fully saturated rings. The van der Waals surface area contributed by atoms with E-state index in [0.717, 1.165) is 16.7 Å². The van der Waals surface area contributed by atoms with Gasteiger partial charge in [-0.3, -0.25) is 0 Å². The van der Waals surface area contributed by atoms with Crippen LogP contribution in [0.5, 0.6) is 0 Å². The van der Waals surface area contributed by atoms with Crippen molar-refractivity contribution in [1.29, 1.82) is 0 Å². The molecule has 0 bridgehead atoms. The quantitative estimate of drug-likeness (QED) is 0.779. The van der Waals surface area contributed by atoms with Gasteiger partial charge < -0.3 is 4.74 Å². The minimum absolute atomic E-state index is 0.0479. The number of methoxy groups -OCH3 is 1. The van der Waals surface area contributed by atoms with Crippen molar-refractivity contribution in [2.75, 3.05) is 7.11 Å². The van der Waals surface area contributed by atoms with Crippen LogP contribution in [0.1, 0.15) is 52.0 Å². The second kappa shape index (κ2) is 8.01. The lowest BCUT2D eigenvalue weighted by Crippen LogP contribution is -2.29. The summed E-state index contributed by atoms with van der Waals surface area (Å²) in [5, 5.41) is 0. The fourth-order valence-electron chi connectivity index (χ4n) is 2.94. The number of hydrogen-bond acceptors (Lipinski definition) is 4. The molecule has 5 nitrogen and oxygen atoms in total. The van der Waals surface area contributed by atoms with E-state index in [1.165, 1.54) is 19.2 Å². The molecule has 0 aliphatic carbocycles. The van der Waals surface area contributed by atoms with Gasteiger partial charge in [0.15, 0.2) is 0 Å². The number of carbonyl (C=O) groups is 1. The maximum absolute atomic E-state index is 12.9. The van der Waals surface area contributed by atoms with Crippen LogP contribution in [0, 0.1) is 20.8 Å². The predicted molar refractivity (Wildman–Crippen MR) is 102 cm³/mol. The first-order valence-electron chi connectivity index (χ1n) is 8.48. The van der Waals surface area contributed by atoms with Crippen LogP contribution in [0.4, 0.5) is 0 Å². The highest BCUT2D eigenvalue weighted by Gasteiger charge is 2.23. The van der Waals surface area contributed by atoms with Crippen LogP contribution in [-0.2, 0) is 14.8 Å². The molecule has 26 heavy (non-hydrogen) atoms. The Hall–Kier alpha value is -2.18. The summed E-state index contributed by atoms with van der Waals surface area (Å²) in [6, 6.07) is 10.1. The van der Waals surface area contributed by atoms with E-state index in [4.69, 9.17) is 4.74 Å². The average Bonchev–Trinajstić information content (AvgIpc) is 2.59. The molecule has 0 aromatic heterocycles. The number of ether oxygens (including phenoxy) is 1. The molecule has 2 aromatic carbocycles. The summed E-state index contributed by atoms with van der Waals surface area (Å²) in [5.41, 5.74) is 4.03. The molecule has 0 spiro atoms. The Morgan fingerprint density at radius 3 is 2.35 bits per heavy atom. The van der Waals surface area contributed by atoms with Crippen molar-refractivity contribution in [3.8, 4) is 0 Å². The number of esters is 1. The average molecular weight is 375 g/mol. The molecule has 0 aliphatic heterocycles. The summed E-state index contributed by atoms with van der Waals surface area (Å²) in [6.45, 7) is 7.64. The minimum atomic E-state index is -3.79. The molecule has 0 amide bonds. The first-order chi connectivity index (χ1) is 12.2. The lowest BCUT2D eigenvalue weighted by molar-refractivity contribution is 0.0599. The van der Waals surface area contributed by atoms with Crippen molar-refractivity contribution < 1.29 is 17.9 Å². The van der Waals surface area contributed by atoms with Crippen LogP contribution in [0.3, 0.4) is 0 Å². The normalized spacial score (nSPS) is 12.7. The maximum atomic E-state index is 12.9. The van der Waals surface area contributed by atoms with E-state index >= 15 is 0 Å². The maximum Gasteiger partial charge on any atom is 0.338 e. The number of benzene rings is 2. The monoisotopic (exact) mass is 375 g/mol. The van der Waals surface area contributed by atoms with Crippen LogP contribution < -0.4 is 4.72 Å². The summed E-state index contributed by atoms with van der Waals surface area (Å²) in [7, 11) is -2.51. The molecule has 6 heteroatoms. The Labute approximate surface area is 155 Å². The molecular formula is C20H25NO4S. The second-order valence-electron chi connectivity index (χ2n) is 6.41. The molecule has 0 saturated heterocycles. The molecule has 140 valence electrons. The van der Waals surface area contributed by atoms with Crippen molar-refractivity contribution in [2.45, 2.75) is 45.1 Å². The first kappa shape index (κ1) is 20.1. The Morgan fingerprint density at radius 1 is 1.08 bits per heavy atom. The molecule has 1 N–H and O–H groups in total. The summed E-state index contributed by atoms with van der Waals surface area (Å²) >= 11 is 0. The van der Waals surface area contributed by atoms with Gasteiger partial charge in [0, 0.05) is 6.04 Å². The summed E-state index contributed by atoms with van der Waals surface area (Å²) in [5.74, 6) is -0.555. The number of hydrogen-bond donors (Lipinski definition) is 1. The highest BCUT2D eigenvalue weighted by molar-refractivity contribution is 7.89. The van der Waals surface area contributed by atoms with Gasteiger partial charge >= 0.3 is 5.97 Å². The van der Waals surface area contributed by atoms with Gasteiger partial charge in [0.1, 0.15) is 0 Å². The van der Waals surface area contributed by atoms with Gasteiger partial charge in [-0.1, -0.05) is 36.8 Å². The Balaban J connectivity index is 2.39. The number of aryl methyl sites for hydroxylation is 3. The van der Waals surface area contributed by atoms with E-state index in [2.05, 4.69) is 4.72 Å². The Bertz CT molecular complexity index is 919. The molecule has 0 radical (unpaired) electrons. The number of carbonyl (C=O) groups excluding carboxylic acids is 1. The highest BCUT2D eigenvalue weighted by atomic mass is 32.2. The first-order valence-corrected chi connectivity index (χ1v) is 9.96. The SMILES string of the molecule is CC[C@@H](NS(=O)(=O)c1ccc(C)c(C(=O)OC)c1)c1ccc(C)cc1C. The van der Waals surface area contributed by atoms with E-state index in [1.54, 1.807) is 13.0 Å². The highest BCUT2D eigenvalue weighted by Crippen LogP contribution is 2.25. The Morgan fingerprint density at radius 2 is 1.77 bits per heavy atom. The van der Waals surface area contributed by atoms with Crippen LogP contribution in [0.25, 0.3) is 0 Å².